The van der Waals surface area contributed by atoms with Crippen molar-refractivity contribution >= 4 is 51.0 Å². The van der Waals surface area contributed by atoms with Crippen molar-refractivity contribution in [2.45, 2.75) is 19.0 Å². The topological polar surface area (TPSA) is 103 Å². The zero-order valence-electron chi connectivity index (χ0n) is 19.8. The number of aromatic nitrogens is 2. The number of carbonyl (C=O) groups is 2. The van der Waals surface area contributed by atoms with E-state index in [1.807, 2.05) is 36.6 Å². The van der Waals surface area contributed by atoms with Crippen LogP contribution in [0.3, 0.4) is 0 Å². The van der Waals surface area contributed by atoms with Gasteiger partial charge in [-0.15, -0.1) is 11.3 Å². The van der Waals surface area contributed by atoms with Crippen LogP contribution in [0.15, 0.2) is 46.9 Å². The summed E-state index contributed by atoms with van der Waals surface area (Å²) < 4.78 is 16.0. The number of thioether (sulfide) groups is 1. The minimum Gasteiger partial charge on any atom is -0.493 e. The number of ether oxygens (including phenoxy) is 3. The predicted molar refractivity (Wildman–Crippen MR) is 139 cm³/mol. The van der Waals surface area contributed by atoms with E-state index >= 15 is 0 Å². The van der Waals surface area contributed by atoms with Gasteiger partial charge in [0.15, 0.2) is 16.7 Å². The van der Waals surface area contributed by atoms with E-state index in [4.69, 9.17) is 14.2 Å². The van der Waals surface area contributed by atoms with Crippen LogP contribution in [-0.4, -0.2) is 48.4 Å². The average Bonchev–Trinajstić information content (AvgIpc) is 3.45. The molecule has 2 N–H and O–H groups in total. The largest absolute Gasteiger partial charge is 0.493 e. The van der Waals surface area contributed by atoms with Crippen LogP contribution in [0.4, 0.5) is 5.00 Å². The molecule has 4 rings (SSSR count). The van der Waals surface area contributed by atoms with Crippen molar-refractivity contribution in [1.82, 2.24) is 9.97 Å². The lowest BCUT2D eigenvalue weighted by Crippen LogP contribution is -2.16. The fourth-order valence-corrected chi connectivity index (χ4v) is 5.20. The standard InChI is InChI=1S/C25H25N3O5S2/c1-5-33-24(30)22-16(15-7-9-19(31-3)20(11-15)32-4)12-34-23(22)28-21(29)13-35-25-26-17-8-6-14(2)10-18(17)27-25/h6-12H,5,13H2,1-4H3,(H,26,27)(H,28,29). The summed E-state index contributed by atoms with van der Waals surface area (Å²) in [4.78, 5) is 33.3. The zero-order valence-corrected chi connectivity index (χ0v) is 21.4. The fraction of sp³-hybridized carbons (Fsp3) is 0.240. The number of H-pyrrole nitrogens is 1. The molecule has 0 saturated carbocycles. The van der Waals surface area contributed by atoms with E-state index in [9.17, 15) is 9.59 Å². The van der Waals surface area contributed by atoms with Crippen molar-refractivity contribution in [2.24, 2.45) is 0 Å². The number of nitrogens with zero attached hydrogens (tertiary/aromatic N) is 1. The maximum atomic E-state index is 12.8. The number of aromatic amines is 1. The van der Waals surface area contributed by atoms with E-state index in [-0.39, 0.29) is 18.3 Å². The molecule has 1 amide bonds. The summed E-state index contributed by atoms with van der Waals surface area (Å²) in [5, 5.41) is 5.77. The second-order valence-corrected chi connectivity index (χ2v) is 9.39. The molecule has 2 aromatic heterocycles. The highest BCUT2D eigenvalue weighted by Gasteiger charge is 2.23. The highest BCUT2D eigenvalue weighted by atomic mass is 32.2. The van der Waals surface area contributed by atoms with E-state index in [1.165, 1.54) is 23.1 Å². The van der Waals surface area contributed by atoms with E-state index in [1.54, 1.807) is 33.3 Å². The van der Waals surface area contributed by atoms with Gasteiger partial charge in [0.25, 0.3) is 0 Å². The molecule has 2 aromatic carbocycles. The normalized spacial score (nSPS) is 10.9. The smallest absolute Gasteiger partial charge is 0.341 e. The van der Waals surface area contributed by atoms with Gasteiger partial charge in [0, 0.05) is 10.9 Å². The van der Waals surface area contributed by atoms with Gasteiger partial charge in [-0.05, 0) is 49.2 Å². The SMILES string of the molecule is CCOC(=O)c1c(-c2ccc(OC)c(OC)c2)csc1NC(=O)CSc1nc2ccc(C)cc2[nH]1. The number of aryl methyl sites for hydroxylation is 1. The summed E-state index contributed by atoms with van der Waals surface area (Å²) in [5.41, 5.74) is 4.60. The Morgan fingerprint density at radius 2 is 1.91 bits per heavy atom. The third-order valence-corrected chi connectivity index (χ3v) is 6.94. The van der Waals surface area contributed by atoms with Crippen LogP contribution in [0.25, 0.3) is 22.2 Å². The molecule has 0 saturated heterocycles. The van der Waals surface area contributed by atoms with Gasteiger partial charge >= 0.3 is 5.97 Å². The Morgan fingerprint density at radius 3 is 2.66 bits per heavy atom. The molecule has 0 aliphatic heterocycles. The minimum atomic E-state index is -0.505. The summed E-state index contributed by atoms with van der Waals surface area (Å²) in [7, 11) is 3.11. The molecular weight excluding hydrogens is 486 g/mol. The minimum absolute atomic E-state index is 0.130. The lowest BCUT2D eigenvalue weighted by molar-refractivity contribution is -0.113. The van der Waals surface area contributed by atoms with Crippen molar-refractivity contribution in [2.75, 3.05) is 31.9 Å². The fourth-order valence-electron chi connectivity index (χ4n) is 3.54. The van der Waals surface area contributed by atoms with E-state index in [2.05, 4.69) is 15.3 Å². The predicted octanol–water partition coefficient (Wildman–Crippen LogP) is 5.52. The number of esters is 1. The lowest BCUT2D eigenvalue weighted by atomic mass is 10.0. The first-order valence-electron chi connectivity index (χ1n) is 10.8. The number of anilines is 1. The Labute approximate surface area is 211 Å². The van der Waals surface area contributed by atoms with Crippen molar-refractivity contribution in [1.29, 1.82) is 0 Å². The van der Waals surface area contributed by atoms with Gasteiger partial charge in [-0.2, -0.15) is 0 Å². The van der Waals surface area contributed by atoms with Crippen molar-refractivity contribution in [3.05, 3.63) is 52.9 Å². The first kappa shape index (κ1) is 24.6. The van der Waals surface area contributed by atoms with Crippen LogP contribution in [0.2, 0.25) is 0 Å². The van der Waals surface area contributed by atoms with E-state index in [0.29, 0.717) is 32.8 Å². The average molecular weight is 512 g/mol. The molecule has 0 bridgehead atoms. The Kier molecular flexibility index (Phi) is 7.62. The first-order chi connectivity index (χ1) is 16.9. The van der Waals surface area contributed by atoms with Gasteiger partial charge in [0.2, 0.25) is 5.91 Å². The molecule has 0 aliphatic rings. The van der Waals surface area contributed by atoms with Gasteiger partial charge < -0.3 is 24.5 Å². The van der Waals surface area contributed by atoms with Crippen LogP contribution in [0.1, 0.15) is 22.8 Å². The summed E-state index contributed by atoms with van der Waals surface area (Å²) in [6.07, 6.45) is 0. The quantitative estimate of drug-likeness (QED) is 0.225. The zero-order chi connectivity index (χ0) is 24.9. The van der Waals surface area contributed by atoms with Gasteiger partial charge in [-0.25, -0.2) is 9.78 Å². The van der Waals surface area contributed by atoms with Crippen LogP contribution in [0, 0.1) is 6.92 Å². The second kappa shape index (κ2) is 10.8. The van der Waals surface area contributed by atoms with Crippen LogP contribution in [-0.2, 0) is 9.53 Å². The summed E-state index contributed by atoms with van der Waals surface area (Å²) in [6.45, 7) is 3.97. The molecule has 4 aromatic rings. The van der Waals surface area contributed by atoms with Crippen molar-refractivity contribution in [3.8, 4) is 22.6 Å². The lowest BCUT2D eigenvalue weighted by Gasteiger charge is -2.11. The number of methoxy groups -OCH3 is 2. The summed E-state index contributed by atoms with van der Waals surface area (Å²) in [6, 6.07) is 11.3. The number of hydrogen-bond acceptors (Lipinski definition) is 8. The summed E-state index contributed by atoms with van der Waals surface area (Å²) >= 11 is 2.56. The van der Waals surface area contributed by atoms with Crippen LogP contribution >= 0.6 is 23.1 Å². The number of rotatable bonds is 9. The van der Waals surface area contributed by atoms with Gasteiger partial charge in [0.1, 0.15) is 10.6 Å². The monoisotopic (exact) mass is 511 g/mol. The van der Waals surface area contributed by atoms with E-state index < -0.39 is 5.97 Å². The number of carbonyl (C=O) groups excluding carboxylic acids is 2. The van der Waals surface area contributed by atoms with E-state index in [0.717, 1.165) is 22.2 Å². The molecule has 35 heavy (non-hydrogen) atoms. The van der Waals surface area contributed by atoms with Gasteiger partial charge in [-0.3, -0.25) is 4.79 Å². The molecule has 10 heteroatoms. The molecule has 0 atom stereocenters. The number of hydrogen-bond donors (Lipinski definition) is 2. The Morgan fingerprint density at radius 1 is 1.11 bits per heavy atom. The van der Waals surface area contributed by atoms with Crippen LogP contribution in [0.5, 0.6) is 11.5 Å². The highest BCUT2D eigenvalue weighted by molar-refractivity contribution is 7.99. The molecule has 182 valence electrons. The maximum absolute atomic E-state index is 12.8. The maximum Gasteiger partial charge on any atom is 0.341 e. The van der Waals surface area contributed by atoms with Crippen molar-refractivity contribution < 1.29 is 23.8 Å². The number of fused-ring (bicyclic) bond motifs is 1. The Bertz CT molecular complexity index is 1380. The van der Waals surface area contributed by atoms with Crippen molar-refractivity contribution in [3.63, 3.8) is 0 Å². The number of amides is 1. The molecule has 0 fully saturated rings. The second-order valence-electron chi connectivity index (χ2n) is 7.54. The third-order valence-electron chi connectivity index (χ3n) is 5.17. The Balaban J connectivity index is 1.55. The highest BCUT2D eigenvalue weighted by Crippen LogP contribution is 2.39. The molecule has 8 nitrogen and oxygen atoms in total. The van der Waals surface area contributed by atoms with Crippen LogP contribution < -0.4 is 14.8 Å². The molecule has 0 spiro atoms. The number of nitrogens with one attached hydrogen (secondary N) is 2. The number of benzene rings is 2. The molecule has 0 aliphatic carbocycles. The molecule has 0 unspecified atom stereocenters. The molecule has 0 radical (unpaired) electrons. The molecule has 2 heterocycles. The Hall–Kier alpha value is -3.50. The molecular formula is C25H25N3O5S2. The van der Waals surface area contributed by atoms with Gasteiger partial charge in [-0.1, -0.05) is 23.9 Å². The third kappa shape index (κ3) is 5.44. The number of thiophene rings is 1. The summed E-state index contributed by atoms with van der Waals surface area (Å²) in [5.74, 6) is 0.488. The van der Waals surface area contributed by atoms with Gasteiger partial charge in [0.05, 0.1) is 37.6 Å². The first-order valence-corrected chi connectivity index (χ1v) is 12.7. The number of imidazole rings is 1.